The third-order valence-corrected chi connectivity index (χ3v) is 1.61. The molecule has 0 saturated heterocycles. The monoisotopic (exact) mass is 159 g/mol. The highest BCUT2D eigenvalue weighted by Gasteiger charge is 2.04. The molecule has 0 nitrogen and oxygen atoms in total. The van der Waals surface area contributed by atoms with E-state index in [9.17, 15) is 0 Å². The lowest BCUT2D eigenvalue weighted by atomic mass is 8.89. The van der Waals surface area contributed by atoms with Gasteiger partial charge in [0.25, 0.3) is 0 Å². The molecule has 0 atom stereocenters. The Balaban J connectivity index is 3.01. The minimum absolute atomic E-state index is 0.587. The van der Waals surface area contributed by atoms with Crippen LogP contribution in [0.25, 0.3) is 0 Å². The normalized spacial score (nSPS) is 7.85. The van der Waals surface area contributed by atoms with E-state index >= 15 is 0 Å². The highest BCUT2D eigenvalue weighted by atomic mass is 13.5. The van der Waals surface area contributed by atoms with Crippen LogP contribution in [0.1, 0.15) is 0 Å². The van der Waals surface area contributed by atoms with Crippen molar-refractivity contribution >= 4 is 56.1 Å². The minimum Gasteiger partial charge on any atom is -0.104 e. The quantitative estimate of drug-likeness (QED) is 0.235. The highest BCUT2D eigenvalue weighted by Crippen LogP contribution is 1.88. The molecule has 0 aromatic heterocycles. The Kier molecular flexibility index (Phi) is 10.5. The van der Waals surface area contributed by atoms with Gasteiger partial charge in [0.1, 0.15) is 0 Å². The summed E-state index contributed by atoms with van der Waals surface area (Å²) in [6.45, 7) is 8.48. The lowest BCUT2D eigenvalue weighted by molar-refractivity contribution is 1.69. The van der Waals surface area contributed by atoms with Crippen molar-refractivity contribution in [2.75, 3.05) is 0 Å². The number of allylic oxidation sites excluding steroid dienone is 1. The number of hydrogen-bond donors (Lipinski definition) is 0. The van der Waals surface area contributed by atoms with E-state index in [1.54, 1.807) is 0 Å². The molecule has 0 rings (SSSR count). The van der Waals surface area contributed by atoms with Crippen molar-refractivity contribution in [3.8, 4) is 0 Å². The maximum Gasteiger partial charge on any atom is 0.0916 e. The van der Waals surface area contributed by atoms with E-state index in [2.05, 4.69) is 27.5 Å². The molecule has 0 saturated carbocycles. The highest BCUT2D eigenvalue weighted by molar-refractivity contribution is 7.66. The zero-order chi connectivity index (χ0) is 9.94. The van der Waals surface area contributed by atoms with Gasteiger partial charge in [-0.3, -0.25) is 0 Å². The average molecular weight is 158 g/mol. The third kappa shape index (κ3) is 10.2. The molecule has 0 aromatic rings. The molecule has 0 aliphatic rings. The topological polar surface area (TPSA) is 0 Å². The summed E-state index contributed by atoms with van der Waals surface area (Å²) in [5.41, 5.74) is 0. The van der Waals surface area contributed by atoms with Crippen LogP contribution in [0.15, 0.2) is 12.7 Å². The smallest absolute Gasteiger partial charge is 0.0916 e. The van der Waals surface area contributed by atoms with Gasteiger partial charge in [-0.05, 0) is 0 Å². The molecule has 55 valence electrons. The molecule has 0 aromatic carbocycles. The Labute approximate surface area is 89.1 Å². The van der Waals surface area contributed by atoms with Gasteiger partial charge >= 0.3 is 0 Å². The van der Waals surface area contributed by atoms with Crippen LogP contribution in [0.3, 0.4) is 0 Å². The van der Waals surface area contributed by atoms with Crippen molar-refractivity contribution in [2.45, 2.75) is 20.0 Å². The SMILES string of the molecule is C=CCB(C)[B][B][B][B][B][B][B]C. The van der Waals surface area contributed by atoms with Gasteiger partial charge in [-0.15, -0.1) is 13.4 Å². The standard InChI is InChI=1S/C5H11B8/c1-4-5-13(3)12-11-10-9-8-7-6-2/h4H,1,5H2,2-3H3. The van der Waals surface area contributed by atoms with Crippen LogP contribution in [0.4, 0.5) is 0 Å². The molecule has 0 unspecified atom stereocenters. The van der Waals surface area contributed by atoms with Gasteiger partial charge in [0.2, 0.25) is 0 Å². The van der Waals surface area contributed by atoms with Crippen molar-refractivity contribution in [1.29, 1.82) is 0 Å². The summed E-state index contributed by atoms with van der Waals surface area (Å²) in [6.07, 6.45) is 2.99. The van der Waals surface area contributed by atoms with Crippen LogP contribution in [-0.2, 0) is 0 Å². The second-order valence-electron chi connectivity index (χ2n) is 2.99. The molecule has 7 radical (unpaired) electrons. The Hall–Kier alpha value is 0.259. The van der Waals surface area contributed by atoms with Crippen LogP contribution in [-0.4, -0.2) is 56.1 Å². The van der Waals surface area contributed by atoms with E-state index in [0.717, 1.165) is 6.32 Å². The van der Waals surface area contributed by atoms with E-state index in [0.29, 0.717) is 6.60 Å². The molecular formula is C5H11B8. The van der Waals surface area contributed by atoms with Crippen LogP contribution < -0.4 is 0 Å². The first-order chi connectivity index (χ1) is 6.31. The van der Waals surface area contributed by atoms with Crippen molar-refractivity contribution in [2.24, 2.45) is 0 Å². The van der Waals surface area contributed by atoms with Gasteiger partial charge in [0, 0.05) is 42.4 Å². The average Bonchev–Trinajstić information content (AvgIpc) is 2.11. The number of hydrogen-bond acceptors (Lipinski definition) is 0. The summed E-state index contributed by atoms with van der Waals surface area (Å²) in [6, 6.07) is 0. The lowest BCUT2D eigenvalue weighted by Gasteiger charge is -2.01. The van der Waals surface area contributed by atoms with Crippen LogP contribution in [0.5, 0.6) is 0 Å². The summed E-state index contributed by atoms with van der Waals surface area (Å²) in [5.74, 6) is 0. The third-order valence-electron chi connectivity index (χ3n) is 1.61. The first-order valence-corrected chi connectivity index (χ1v) is 4.71. The van der Waals surface area contributed by atoms with Crippen molar-refractivity contribution in [1.82, 2.24) is 0 Å². The van der Waals surface area contributed by atoms with E-state index in [1.807, 2.05) is 48.3 Å². The molecular weight excluding hydrogens is 147 g/mol. The Morgan fingerprint density at radius 2 is 1.77 bits per heavy atom. The zero-order valence-electron chi connectivity index (χ0n) is 8.61. The Morgan fingerprint density at radius 3 is 2.38 bits per heavy atom. The number of rotatable bonds is 9. The van der Waals surface area contributed by atoms with E-state index in [4.69, 9.17) is 0 Å². The summed E-state index contributed by atoms with van der Waals surface area (Å²) < 4.78 is 0. The molecule has 8 heteroatoms. The predicted octanol–water partition coefficient (Wildman–Crippen LogP) is -0.739. The van der Waals surface area contributed by atoms with E-state index in [-0.39, 0.29) is 0 Å². The zero-order valence-corrected chi connectivity index (χ0v) is 8.61. The van der Waals surface area contributed by atoms with Gasteiger partial charge in [-0.25, -0.2) is 0 Å². The molecule has 0 heterocycles. The molecule has 0 aliphatic carbocycles. The fourth-order valence-electron chi connectivity index (χ4n) is 0.899. The molecule has 0 fully saturated rings. The molecule has 13 heavy (non-hydrogen) atoms. The maximum absolute atomic E-state index is 3.70. The van der Waals surface area contributed by atoms with Gasteiger partial charge in [0.15, 0.2) is 0 Å². The van der Waals surface area contributed by atoms with E-state index in [1.165, 1.54) is 0 Å². The van der Waals surface area contributed by atoms with E-state index < -0.39 is 0 Å². The fourth-order valence-corrected chi connectivity index (χ4v) is 0.899. The molecule has 0 aliphatic heterocycles. The summed E-state index contributed by atoms with van der Waals surface area (Å²) in [5, 5.41) is 0. The van der Waals surface area contributed by atoms with Crippen LogP contribution in [0.2, 0.25) is 20.0 Å². The van der Waals surface area contributed by atoms with Crippen LogP contribution in [0, 0.1) is 0 Å². The van der Waals surface area contributed by atoms with Gasteiger partial charge in [-0.1, -0.05) is 19.2 Å². The molecule has 0 spiro atoms. The Morgan fingerprint density at radius 1 is 1.15 bits per heavy atom. The van der Waals surface area contributed by atoms with Gasteiger partial charge < -0.3 is 0 Å². The first-order valence-electron chi connectivity index (χ1n) is 4.71. The van der Waals surface area contributed by atoms with Crippen molar-refractivity contribution in [3.05, 3.63) is 12.7 Å². The second kappa shape index (κ2) is 10.3. The van der Waals surface area contributed by atoms with Crippen molar-refractivity contribution in [3.63, 3.8) is 0 Å². The second-order valence-corrected chi connectivity index (χ2v) is 2.99. The first kappa shape index (κ1) is 13.3. The molecule has 0 amide bonds. The largest absolute Gasteiger partial charge is 0.104 e. The minimum atomic E-state index is 0.587. The Bertz CT molecular complexity index is 117. The summed E-state index contributed by atoms with van der Waals surface area (Å²) in [4.78, 5) is 0. The fraction of sp³-hybridized carbons (Fsp3) is 0.600. The lowest BCUT2D eigenvalue weighted by Crippen LogP contribution is -2.33. The predicted molar refractivity (Wildman–Crippen MR) is 72.8 cm³/mol. The van der Waals surface area contributed by atoms with Crippen LogP contribution >= 0.6 is 0 Å². The summed E-state index contributed by atoms with van der Waals surface area (Å²) in [7, 11) is 14.4. The maximum atomic E-state index is 3.70. The summed E-state index contributed by atoms with van der Waals surface area (Å²) >= 11 is 0. The molecule has 0 bridgehead atoms. The molecule has 0 N–H and O–H groups in total. The van der Waals surface area contributed by atoms with Crippen molar-refractivity contribution < 1.29 is 0 Å². The van der Waals surface area contributed by atoms with Gasteiger partial charge in [-0.2, -0.15) is 0 Å². The van der Waals surface area contributed by atoms with Gasteiger partial charge in [0.05, 0.1) is 13.8 Å².